The van der Waals surface area contributed by atoms with Gasteiger partial charge in [0.2, 0.25) is 46.9 Å². The number of hydrogen-bond acceptors (Lipinski definition) is 21. The molecule has 9 rings (SSSR count). The molecule has 0 saturated carbocycles. The molecule has 5 amide bonds. The van der Waals surface area contributed by atoms with Gasteiger partial charge in [0, 0.05) is 129 Å². The molecule has 0 aliphatic carbocycles. The van der Waals surface area contributed by atoms with Crippen LogP contribution in [0, 0.1) is 11.6 Å². The number of carbonyl (C=O) groups is 8. The Morgan fingerprint density at radius 1 is 0.625 bits per heavy atom. The predicted octanol–water partition coefficient (Wildman–Crippen LogP) is 2.61. The zero-order chi connectivity index (χ0) is 68.2. The zero-order valence-corrected chi connectivity index (χ0v) is 55.1. The number of aromatic hydroxyl groups is 1. The third kappa shape index (κ3) is 20.0. The minimum absolute atomic E-state index is 0. The first-order valence-electron chi connectivity index (χ1n) is 28.2. The number of carboxylic acids is 2. The molecule has 31 nitrogen and oxygen atoms in total. The average molecular weight is 1410 g/mol. The Hall–Kier alpha value is -10.6. The molecule has 3 aromatic heterocycles. The van der Waals surface area contributed by atoms with Crippen LogP contribution in [0.1, 0.15) is 101 Å². The summed E-state index contributed by atoms with van der Waals surface area (Å²) in [6.45, 7) is 1.99. The number of aromatic carboxylic acids is 1. The van der Waals surface area contributed by atoms with Crippen LogP contribution in [-0.4, -0.2) is 139 Å². The maximum absolute atomic E-state index is 13.5. The van der Waals surface area contributed by atoms with Gasteiger partial charge in [-0.2, -0.15) is 0 Å². The van der Waals surface area contributed by atoms with Gasteiger partial charge in [-0.25, -0.2) is 33.3 Å². The Kier molecular flexibility index (Phi) is 31.0. The number of nitrogens with two attached hydrogens (primary N) is 1. The van der Waals surface area contributed by atoms with E-state index in [4.69, 9.17) is 25.1 Å². The van der Waals surface area contributed by atoms with Crippen LogP contribution < -0.4 is 63.0 Å². The smallest absolute Gasteiger partial charge is 0.361 e. The summed E-state index contributed by atoms with van der Waals surface area (Å²) < 4.78 is 45.8. The number of hydrogen-bond donors (Lipinski definition) is 8. The van der Waals surface area contributed by atoms with Gasteiger partial charge in [-0.1, -0.05) is 72.8 Å². The summed E-state index contributed by atoms with van der Waals surface area (Å²) in [6, 6.07) is 25.7. The number of fused-ring (bicyclic) bond motifs is 2. The van der Waals surface area contributed by atoms with E-state index in [0.717, 1.165) is 37.3 Å². The molecule has 0 saturated heterocycles. The van der Waals surface area contributed by atoms with E-state index < -0.39 is 80.9 Å². The van der Waals surface area contributed by atoms with Crippen LogP contribution in [0.15, 0.2) is 111 Å². The van der Waals surface area contributed by atoms with Gasteiger partial charge in [-0.05, 0) is 53.4 Å². The molecular weight excluding hydrogens is 1340 g/mol. The Balaban J connectivity index is 0.000000339. The quantitative estimate of drug-likeness (QED) is 0.0539. The van der Waals surface area contributed by atoms with E-state index in [-0.39, 0.29) is 167 Å². The van der Waals surface area contributed by atoms with E-state index in [1.54, 1.807) is 31.2 Å². The molecular formula is C61H66F2N13O18V2-. The molecule has 10 N–H and O–H groups in total. The number of carbonyl (C=O) groups excluding carboxylic acids is 6. The fourth-order valence-electron chi connectivity index (χ4n) is 8.83. The first kappa shape index (κ1) is 79.7. The van der Waals surface area contributed by atoms with Crippen molar-refractivity contribution in [2.75, 3.05) is 57.0 Å². The van der Waals surface area contributed by atoms with Gasteiger partial charge < -0.3 is 62.0 Å². The molecule has 0 unspecified atom stereocenters. The number of halogens is 2. The molecule has 96 heavy (non-hydrogen) atoms. The number of amides is 5. The Morgan fingerprint density at radius 2 is 1.09 bits per heavy atom. The van der Waals surface area contributed by atoms with Crippen molar-refractivity contribution in [3.63, 3.8) is 0 Å². The van der Waals surface area contributed by atoms with Crippen molar-refractivity contribution in [2.24, 2.45) is 5.73 Å². The van der Waals surface area contributed by atoms with Crippen LogP contribution in [0.2, 0.25) is 0 Å². The van der Waals surface area contributed by atoms with Gasteiger partial charge in [0.25, 0.3) is 34.4 Å². The molecule has 2 aliphatic rings. The minimum atomic E-state index is -1.41. The maximum Gasteiger partial charge on any atom is 0.361 e. The van der Waals surface area contributed by atoms with Crippen molar-refractivity contribution in [1.82, 2.24) is 44.6 Å². The number of benzene rings is 4. The average Bonchev–Trinajstić information content (AvgIpc) is 0.783. The third-order valence-electron chi connectivity index (χ3n) is 13.7. The fourth-order valence-corrected chi connectivity index (χ4v) is 8.83. The summed E-state index contributed by atoms with van der Waals surface area (Å²) in [7, 11) is 7.25. The van der Waals surface area contributed by atoms with Gasteiger partial charge in [0.15, 0.2) is 17.1 Å². The fraction of sp³-hybridized carbons (Fsp3) is 0.279. The molecule has 0 fully saturated rings. The molecule has 7 aromatic rings. The topological polar surface area (TPSA) is 440 Å². The molecule has 0 spiro atoms. The van der Waals surface area contributed by atoms with E-state index in [0.29, 0.717) is 16.7 Å². The van der Waals surface area contributed by atoms with Crippen molar-refractivity contribution >= 4 is 65.3 Å². The first-order valence-corrected chi connectivity index (χ1v) is 28.2. The van der Waals surface area contributed by atoms with E-state index >= 15 is 0 Å². The Morgan fingerprint density at radius 3 is 1.55 bits per heavy atom. The van der Waals surface area contributed by atoms with E-state index in [2.05, 4.69) is 36.2 Å². The Bertz CT molecular complexity index is 4160. The van der Waals surface area contributed by atoms with Crippen LogP contribution in [0.3, 0.4) is 0 Å². The molecule has 0 bridgehead atoms. The second kappa shape index (κ2) is 37.4. The van der Waals surface area contributed by atoms with Gasteiger partial charge in [0.1, 0.15) is 24.8 Å². The minimum Gasteiger partial charge on any atom is -0.870 e. The van der Waals surface area contributed by atoms with Crippen molar-refractivity contribution in [3.05, 3.63) is 190 Å². The number of rotatable bonds is 19. The maximum atomic E-state index is 13.5. The summed E-state index contributed by atoms with van der Waals surface area (Å²) in [5.74, 6) is -7.96. The van der Waals surface area contributed by atoms with Crippen LogP contribution in [0.4, 0.5) is 26.6 Å². The summed E-state index contributed by atoms with van der Waals surface area (Å²) in [5, 5.41) is 38.1. The molecule has 0 atom stereocenters. The van der Waals surface area contributed by atoms with Crippen LogP contribution >= 0.6 is 0 Å². The van der Waals surface area contributed by atoms with Crippen molar-refractivity contribution in [2.45, 2.75) is 72.1 Å². The van der Waals surface area contributed by atoms with Crippen LogP contribution in [0.25, 0.3) is 0 Å². The standard InChI is InChI=1S/C18H18FN5O5.C18H19N3O5.C16H17N3O6.C9H11FN2O.H2O.2V/c1-20-15(27)11-7-10(19)4-3-9(11)8-21-16(28)13-14(26)17(29)24-6-5-12(25)23(2)18(24)22-13;1-3-25-17(24)14-15(26-11-12-7-5-4-6-8-12)16(23)21-10-9-13(22)20(2)18(21)19-14;1-17-16-18-12(15(23)24)13(14(22)19(16)8-7-11(20)21)25-9-10-5-3-2-4-6-10;1-12-9(13)8-4-7(10)3-2-6(8)5-11;;;/h3-4,7,26H,5-6,8H2,1-2H3,(H,20,27)(H,21,28);4-8H,3,9-11H2,1-2H3;2-6H,7-9H2,1H3,(H,17,18)(H,20,21)(H,23,24);2-4H,5,11H2,1H3,(H,12,13);1H2;;/p-1. The van der Waals surface area contributed by atoms with E-state index in [1.165, 1.54) is 69.0 Å². The predicted molar refractivity (Wildman–Crippen MR) is 330 cm³/mol. The van der Waals surface area contributed by atoms with Crippen molar-refractivity contribution in [3.8, 4) is 17.2 Å². The molecule has 4 aromatic carbocycles. The number of carboxylic acid groups (broad SMARTS) is 2. The summed E-state index contributed by atoms with van der Waals surface area (Å²) >= 11 is 0. The van der Waals surface area contributed by atoms with Gasteiger partial charge in [0.05, 0.1) is 13.0 Å². The number of ether oxygens (including phenoxy) is 3. The number of aromatic nitrogens is 6. The van der Waals surface area contributed by atoms with Gasteiger partial charge >= 0.3 is 17.9 Å². The van der Waals surface area contributed by atoms with Crippen molar-refractivity contribution in [1.29, 1.82) is 0 Å². The first-order chi connectivity index (χ1) is 44.4. The summed E-state index contributed by atoms with van der Waals surface area (Å²) in [4.78, 5) is 146. The largest absolute Gasteiger partial charge is 0.870 e. The number of aliphatic carboxylic acids is 1. The molecule has 5 heterocycles. The van der Waals surface area contributed by atoms with Crippen LogP contribution in [0.5, 0.6) is 17.2 Å². The van der Waals surface area contributed by atoms with Crippen LogP contribution in [-0.2, 0) is 102 Å². The normalized spacial score (nSPS) is 11.6. The Labute approximate surface area is 568 Å². The number of anilines is 3. The third-order valence-corrected chi connectivity index (χ3v) is 13.7. The monoisotopic (exact) mass is 1410 g/mol. The summed E-state index contributed by atoms with van der Waals surface area (Å²) in [5.41, 5.74) is 4.86. The zero-order valence-electron chi connectivity index (χ0n) is 52.3. The van der Waals surface area contributed by atoms with Gasteiger partial charge in [-0.3, -0.25) is 66.7 Å². The second-order valence-corrected chi connectivity index (χ2v) is 19.7. The number of nitrogens with zero attached hydrogens (tertiary/aromatic N) is 8. The molecule has 35 heteroatoms. The second-order valence-electron chi connectivity index (χ2n) is 19.7. The molecule has 2 aliphatic heterocycles. The summed E-state index contributed by atoms with van der Waals surface area (Å²) in [6.07, 6.45) is -0.0638. The van der Waals surface area contributed by atoms with Crippen molar-refractivity contribution < 1.29 is 119 Å². The molecule has 2 radical (unpaired) electrons. The van der Waals surface area contributed by atoms with E-state index in [9.17, 15) is 71.7 Å². The van der Waals surface area contributed by atoms with Gasteiger partial charge in [-0.15, -0.1) is 0 Å². The number of nitrogens with one attached hydrogen (secondary N) is 4. The molecule has 508 valence electrons. The SMILES string of the molecule is CCOC(=O)c1nc2n(c(=O)c1OCc1ccccc1)CCC(=O)N2C.CNC(=O)c1cc(F)ccc1CN.CNC(=O)c1cc(F)ccc1CNC(=O)c1nc2n(c(=O)c1O)CCC(=O)N2C.CNc1nc(C(=O)O)c(OCc2ccccc2)c(=O)n1CCC(=O)O.[OH-].[V].[V]. The number of esters is 1. The van der Waals surface area contributed by atoms with E-state index in [1.807, 2.05) is 36.4 Å².